The molecule has 0 saturated heterocycles. The van der Waals surface area contributed by atoms with Crippen LogP contribution in [0.25, 0.3) is 0 Å². The molecular formula is C15H28N2O2S. The lowest BCUT2D eigenvalue weighted by Gasteiger charge is -2.14. The first kappa shape index (κ1) is 19.0. The number of nitrogens with one attached hydrogen (secondary N) is 1. The van der Waals surface area contributed by atoms with Gasteiger partial charge in [0.2, 0.25) is 11.8 Å². The molecule has 0 aliphatic rings. The van der Waals surface area contributed by atoms with Crippen molar-refractivity contribution in [3.63, 3.8) is 0 Å². The molecule has 5 heteroatoms. The van der Waals surface area contributed by atoms with Crippen LogP contribution in [0, 0.1) is 0 Å². The Balaban J connectivity index is 3.57. The lowest BCUT2D eigenvalue weighted by molar-refractivity contribution is -0.127. The fourth-order valence-corrected chi connectivity index (χ4v) is 2.22. The van der Waals surface area contributed by atoms with Crippen LogP contribution in [-0.4, -0.2) is 23.6 Å². The molecule has 4 nitrogen and oxygen atoms in total. The molecule has 0 radical (unpaired) electrons. The highest BCUT2D eigenvalue weighted by Gasteiger charge is 2.16. The predicted octanol–water partition coefficient (Wildman–Crippen LogP) is 2.58. The maximum absolute atomic E-state index is 11.7. The van der Waals surface area contributed by atoms with Crippen molar-refractivity contribution < 1.29 is 9.59 Å². The number of unbranched alkanes of at least 4 members (excludes halogenated alkanes) is 6. The average molecular weight is 300 g/mol. The second kappa shape index (κ2) is 13.0. The van der Waals surface area contributed by atoms with Crippen molar-refractivity contribution in [1.29, 1.82) is 0 Å². The fourth-order valence-electron chi connectivity index (χ4n) is 1.96. The van der Waals surface area contributed by atoms with Gasteiger partial charge in [-0.25, -0.2) is 0 Å². The van der Waals surface area contributed by atoms with Crippen molar-refractivity contribution in [1.82, 2.24) is 5.32 Å². The van der Waals surface area contributed by atoms with Crippen molar-refractivity contribution in [3.8, 4) is 0 Å². The van der Waals surface area contributed by atoms with E-state index in [0.717, 1.165) is 25.7 Å². The van der Waals surface area contributed by atoms with Crippen LogP contribution in [0.15, 0.2) is 12.7 Å². The molecule has 0 aliphatic heterocycles. The van der Waals surface area contributed by atoms with Crippen LogP contribution in [0.3, 0.4) is 0 Å². The van der Waals surface area contributed by atoms with E-state index in [-0.39, 0.29) is 5.91 Å². The molecule has 2 amide bonds. The van der Waals surface area contributed by atoms with Crippen molar-refractivity contribution in [2.45, 2.75) is 63.8 Å². The summed E-state index contributed by atoms with van der Waals surface area (Å²) in [5.41, 5.74) is 5.21. The summed E-state index contributed by atoms with van der Waals surface area (Å²) in [6.07, 6.45) is 10.7. The highest BCUT2D eigenvalue weighted by atomic mass is 32.1. The van der Waals surface area contributed by atoms with Gasteiger partial charge in [-0.05, 0) is 31.4 Å². The molecule has 20 heavy (non-hydrogen) atoms. The minimum atomic E-state index is -0.584. The Bertz CT molecular complexity index is 296. The molecule has 0 heterocycles. The van der Waals surface area contributed by atoms with Crippen LogP contribution in [0.4, 0.5) is 0 Å². The maximum atomic E-state index is 11.7. The van der Waals surface area contributed by atoms with Crippen LogP contribution >= 0.6 is 12.6 Å². The number of nitrogens with two attached hydrogens (primary N) is 1. The zero-order chi connectivity index (χ0) is 15.2. The molecule has 0 bridgehead atoms. The third kappa shape index (κ3) is 10.9. The molecule has 0 aliphatic carbocycles. The van der Waals surface area contributed by atoms with Crippen molar-refractivity contribution in [2.24, 2.45) is 5.73 Å². The zero-order valence-electron chi connectivity index (χ0n) is 12.3. The standard InChI is InChI=1S/C15H28N2O2S/c1-2-3-4-5-6-7-8-9-10-14(18)17-13(11-12-20)15(16)19/h2,13,20H,1,3-12H2,(H2,16,19)(H,17,18). The highest BCUT2D eigenvalue weighted by molar-refractivity contribution is 7.80. The van der Waals surface area contributed by atoms with Gasteiger partial charge in [-0.15, -0.1) is 6.58 Å². The average Bonchev–Trinajstić information content (AvgIpc) is 2.41. The third-order valence-electron chi connectivity index (χ3n) is 3.16. The van der Waals surface area contributed by atoms with E-state index in [1.807, 2.05) is 6.08 Å². The SMILES string of the molecule is C=CCCCCCCCCC(=O)NC(CCS)C(N)=O. The largest absolute Gasteiger partial charge is 0.368 e. The normalized spacial score (nSPS) is 11.8. The fraction of sp³-hybridized carbons (Fsp3) is 0.733. The Morgan fingerprint density at radius 1 is 1.15 bits per heavy atom. The Morgan fingerprint density at radius 2 is 1.75 bits per heavy atom. The van der Waals surface area contributed by atoms with Gasteiger partial charge >= 0.3 is 0 Å². The lowest BCUT2D eigenvalue weighted by atomic mass is 10.1. The molecule has 0 spiro atoms. The molecule has 0 aromatic heterocycles. The zero-order valence-corrected chi connectivity index (χ0v) is 13.2. The minimum Gasteiger partial charge on any atom is -0.368 e. The number of thiol groups is 1. The van der Waals surface area contributed by atoms with Gasteiger partial charge in [-0.2, -0.15) is 12.6 Å². The predicted molar refractivity (Wildman–Crippen MR) is 86.7 cm³/mol. The summed E-state index contributed by atoms with van der Waals surface area (Å²) < 4.78 is 0. The van der Waals surface area contributed by atoms with Gasteiger partial charge < -0.3 is 11.1 Å². The van der Waals surface area contributed by atoms with Gasteiger partial charge in [0.05, 0.1) is 0 Å². The second-order valence-corrected chi connectivity index (χ2v) is 5.43. The summed E-state index contributed by atoms with van der Waals surface area (Å²) in [4.78, 5) is 22.7. The number of allylic oxidation sites excluding steroid dienone is 1. The molecule has 0 aromatic rings. The number of amides is 2. The second-order valence-electron chi connectivity index (χ2n) is 4.98. The van der Waals surface area contributed by atoms with Crippen molar-refractivity contribution >= 4 is 24.4 Å². The molecule has 0 rings (SSSR count). The number of carbonyl (C=O) groups excluding carboxylic acids is 2. The van der Waals surface area contributed by atoms with Gasteiger partial charge in [-0.1, -0.05) is 31.8 Å². The topological polar surface area (TPSA) is 72.2 Å². The van der Waals surface area contributed by atoms with Crippen LogP contribution in [0.5, 0.6) is 0 Å². The van der Waals surface area contributed by atoms with Crippen molar-refractivity contribution in [3.05, 3.63) is 12.7 Å². The van der Waals surface area contributed by atoms with Gasteiger partial charge in [0.15, 0.2) is 0 Å². The summed E-state index contributed by atoms with van der Waals surface area (Å²) in [5.74, 6) is -0.0599. The summed E-state index contributed by atoms with van der Waals surface area (Å²) in [7, 11) is 0. The third-order valence-corrected chi connectivity index (χ3v) is 3.42. The minimum absolute atomic E-state index is 0.0951. The van der Waals surface area contributed by atoms with Crippen molar-refractivity contribution in [2.75, 3.05) is 5.75 Å². The summed E-state index contributed by atoms with van der Waals surface area (Å²) in [6.45, 7) is 3.69. The van der Waals surface area contributed by atoms with Crippen LogP contribution in [0.1, 0.15) is 57.8 Å². The van der Waals surface area contributed by atoms with E-state index in [9.17, 15) is 9.59 Å². The van der Waals surface area contributed by atoms with Crippen LogP contribution in [-0.2, 0) is 9.59 Å². The number of hydrogen-bond donors (Lipinski definition) is 3. The first-order valence-electron chi connectivity index (χ1n) is 7.42. The van der Waals surface area contributed by atoms with Gasteiger partial charge in [0.1, 0.15) is 6.04 Å². The van der Waals surface area contributed by atoms with Crippen LogP contribution in [0.2, 0.25) is 0 Å². The molecular weight excluding hydrogens is 272 g/mol. The van der Waals surface area contributed by atoms with E-state index >= 15 is 0 Å². The number of hydrogen-bond acceptors (Lipinski definition) is 3. The van der Waals surface area contributed by atoms with E-state index in [1.165, 1.54) is 19.3 Å². The van der Waals surface area contributed by atoms with E-state index in [1.54, 1.807) is 0 Å². The number of primary amides is 1. The molecule has 116 valence electrons. The summed E-state index contributed by atoms with van der Waals surface area (Å²) >= 11 is 4.04. The monoisotopic (exact) mass is 300 g/mol. The molecule has 0 fully saturated rings. The quantitative estimate of drug-likeness (QED) is 0.278. The van der Waals surface area contributed by atoms with E-state index in [4.69, 9.17) is 5.73 Å². The highest BCUT2D eigenvalue weighted by Crippen LogP contribution is 2.09. The summed E-state index contributed by atoms with van der Waals surface area (Å²) in [5, 5.41) is 2.66. The maximum Gasteiger partial charge on any atom is 0.240 e. The molecule has 1 unspecified atom stereocenters. The first-order valence-corrected chi connectivity index (χ1v) is 8.05. The van der Waals surface area contributed by atoms with Crippen LogP contribution < -0.4 is 11.1 Å². The Kier molecular flexibility index (Phi) is 12.4. The van der Waals surface area contributed by atoms with Gasteiger partial charge in [0.25, 0.3) is 0 Å². The van der Waals surface area contributed by atoms with E-state index in [2.05, 4.69) is 24.5 Å². The Hall–Kier alpha value is -0.970. The van der Waals surface area contributed by atoms with Gasteiger partial charge in [0, 0.05) is 6.42 Å². The van der Waals surface area contributed by atoms with Gasteiger partial charge in [-0.3, -0.25) is 9.59 Å². The number of rotatable bonds is 13. The number of carbonyl (C=O) groups is 2. The lowest BCUT2D eigenvalue weighted by Crippen LogP contribution is -2.44. The Labute approximate surface area is 128 Å². The smallest absolute Gasteiger partial charge is 0.240 e. The molecule has 1 atom stereocenters. The summed E-state index contributed by atoms with van der Waals surface area (Å²) in [6, 6.07) is -0.584. The molecule has 0 aromatic carbocycles. The van der Waals surface area contributed by atoms with E-state index in [0.29, 0.717) is 18.6 Å². The Morgan fingerprint density at radius 3 is 2.30 bits per heavy atom. The first-order chi connectivity index (χ1) is 9.61. The molecule has 0 saturated carbocycles. The van der Waals surface area contributed by atoms with E-state index < -0.39 is 11.9 Å². The molecule has 3 N–H and O–H groups in total.